The standard InChI is InChI=1S/C10H15NO2/c1-8-2-3-10(13)9(6-8)7-11-4-5-12/h2-3,6,11-13H,4-5,7H2,1H3. The highest BCUT2D eigenvalue weighted by Gasteiger charge is 1.99. The molecule has 0 aliphatic carbocycles. The van der Waals surface area contributed by atoms with Gasteiger partial charge in [-0.05, 0) is 13.0 Å². The first kappa shape index (κ1) is 10.0. The Hall–Kier alpha value is -1.06. The number of rotatable bonds is 4. The average molecular weight is 181 g/mol. The maximum Gasteiger partial charge on any atom is 0.120 e. The Labute approximate surface area is 78.0 Å². The molecule has 72 valence electrons. The van der Waals surface area contributed by atoms with Crippen LogP contribution in [0.25, 0.3) is 0 Å². The van der Waals surface area contributed by atoms with Crippen LogP contribution in [0.3, 0.4) is 0 Å². The number of aliphatic hydroxyl groups is 1. The van der Waals surface area contributed by atoms with Crippen molar-refractivity contribution in [1.82, 2.24) is 5.32 Å². The number of benzene rings is 1. The second kappa shape index (κ2) is 4.84. The quantitative estimate of drug-likeness (QED) is 0.602. The summed E-state index contributed by atoms with van der Waals surface area (Å²) in [6.07, 6.45) is 0. The molecule has 0 unspecified atom stereocenters. The third-order valence-electron chi connectivity index (χ3n) is 1.84. The minimum absolute atomic E-state index is 0.118. The average Bonchev–Trinajstić information content (AvgIpc) is 2.11. The molecule has 13 heavy (non-hydrogen) atoms. The van der Waals surface area contributed by atoms with Gasteiger partial charge in [-0.25, -0.2) is 0 Å². The Kier molecular flexibility index (Phi) is 3.73. The van der Waals surface area contributed by atoms with Crippen LogP contribution < -0.4 is 5.32 Å². The highest BCUT2D eigenvalue weighted by molar-refractivity contribution is 5.35. The van der Waals surface area contributed by atoms with Gasteiger partial charge in [0.1, 0.15) is 5.75 Å². The highest BCUT2D eigenvalue weighted by atomic mass is 16.3. The van der Waals surface area contributed by atoms with E-state index in [0.717, 1.165) is 11.1 Å². The van der Waals surface area contributed by atoms with Crippen LogP contribution in [0, 0.1) is 6.92 Å². The van der Waals surface area contributed by atoms with Gasteiger partial charge in [-0.2, -0.15) is 0 Å². The van der Waals surface area contributed by atoms with Crippen LogP contribution in [-0.4, -0.2) is 23.4 Å². The molecule has 1 rings (SSSR count). The third-order valence-corrected chi connectivity index (χ3v) is 1.84. The summed E-state index contributed by atoms with van der Waals surface area (Å²) in [4.78, 5) is 0. The first-order valence-electron chi connectivity index (χ1n) is 4.34. The predicted octanol–water partition coefficient (Wildman–Crippen LogP) is 0.783. The molecule has 0 bridgehead atoms. The first-order valence-corrected chi connectivity index (χ1v) is 4.34. The smallest absolute Gasteiger partial charge is 0.120 e. The summed E-state index contributed by atoms with van der Waals surface area (Å²) in [7, 11) is 0. The molecule has 0 saturated carbocycles. The number of aliphatic hydroxyl groups excluding tert-OH is 1. The van der Waals surface area contributed by atoms with Crippen LogP contribution >= 0.6 is 0 Å². The lowest BCUT2D eigenvalue weighted by Gasteiger charge is -2.06. The minimum atomic E-state index is 0.118. The zero-order valence-electron chi connectivity index (χ0n) is 7.75. The maximum absolute atomic E-state index is 9.43. The second-order valence-electron chi connectivity index (χ2n) is 3.03. The van der Waals surface area contributed by atoms with E-state index < -0.39 is 0 Å². The molecular formula is C10H15NO2. The number of phenolic OH excluding ortho intramolecular Hbond substituents is 1. The van der Waals surface area contributed by atoms with Crippen molar-refractivity contribution in [2.45, 2.75) is 13.5 Å². The van der Waals surface area contributed by atoms with Gasteiger partial charge in [0, 0.05) is 18.7 Å². The number of aromatic hydroxyl groups is 1. The Morgan fingerprint density at radius 3 is 2.85 bits per heavy atom. The largest absolute Gasteiger partial charge is 0.508 e. The van der Waals surface area contributed by atoms with Crippen molar-refractivity contribution in [1.29, 1.82) is 0 Å². The fraction of sp³-hybridized carbons (Fsp3) is 0.400. The normalized spacial score (nSPS) is 10.3. The third kappa shape index (κ3) is 3.05. The van der Waals surface area contributed by atoms with Gasteiger partial charge in [0.05, 0.1) is 6.61 Å². The van der Waals surface area contributed by atoms with E-state index in [2.05, 4.69) is 5.32 Å². The molecule has 0 aromatic heterocycles. The van der Waals surface area contributed by atoms with Crippen LogP contribution in [0.5, 0.6) is 5.75 Å². The van der Waals surface area contributed by atoms with E-state index in [4.69, 9.17) is 5.11 Å². The van der Waals surface area contributed by atoms with E-state index in [1.54, 1.807) is 6.07 Å². The van der Waals surface area contributed by atoms with Crippen LogP contribution in [0.1, 0.15) is 11.1 Å². The molecule has 0 spiro atoms. The lowest BCUT2D eigenvalue weighted by Crippen LogP contribution is -2.17. The lowest BCUT2D eigenvalue weighted by molar-refractivity contribution is 0.291. The van der Waals surface area contributed by atoms with Gasteiger partial charge in [0.2, 0.25) is 0 Å². The molecule has 0 heterocycles. The molecule has 0 amide bonds. The van der Waals surface area contributed by atoms with Crippen LogP contribution in [0.4, 0.5) is 0 Å². The summed E-state index contributed by atoms with van der Waals surface area (Å²) in [6, 6.07) is 5.48. The Morgan fingerprint density at radius 1 is 1.38 bits per heavy atom. The number of nitrogens with one attached hydrogen (secondary N) is 1. The molecule has 0 aliphatic heterocycles. The van der Waals surface area contributed by atoms with E-state index in [1.165, 1.54) is 0 Å². The molecule has 0 fully saturated rings. The Balaban J connectivity index is 2.59. The second-order valence-corrected chi connectivity index (χ2v) is 3.03. The summed E-state index contributed by atoms with van der Waals surface area (Å²) in [5, 5.41) is 21.0. The molecule has 3 N–H and O–H groups in total. The molecular weight excluding hydrogens is 166 g/mol. The summed E-state index contributed by atoms with van der Waals surface area (Å²) >= 11 is 0. The monoisotopic (exact) mass is 181 g/mol. The van der Waals surface area contributed by atoms with Crippen molar-refractivity contribution < 1.29 is 10.2 Å². The molecule has 3 nitrogen and oxygen atoms in total. The fourth-order valence-electron chi connectivity index (χ4n) is 1.16. The van der Waals surface area contributed by atoms with Crippen LogP contribution in [0.15, 0.2) is 18.2 Å². The molecule has 1 aromatic carbocycles. The Morgan fingerprint density at radius 2 is 2.15 bits per heavy atom. The Bertz CT molecular complexity index is 274. The first-order chi connectivity index (χ1) is 6.24. The van der Waals surface area contributed by atoms with Gasteiger partial charge in [0.15, 0.2) is 0 Å². The van der Waals surface area contributed by atoms with E-state index in [0.29, 0.717) is 18.8 Å². The molecule has 0 radical (unpaired) electrons. The van der Waals surface area contributed by atoms with Crippen molar-refractivity contribution in [2.24, 2.45) is 0 Å². The van der Waals surface area contributed by atoms with E-state index >= 15 is 0 Å². The van der Waals surface area contributed by atoms with Crippen molar-refractivity contribution in [3.05, 3.63) is 29.3 Å². The van der Waals surface area contributed by atoms with Gasteiger partial charge in [-0.3, -0.25) is 0 Å². The summed E-state index contributed by atoms with van der Waals surface area (Å²) in [6.45, 7) is 3.24. The highest BCUT2D eigenvalue weighted by Crippen LogP contribution is 2.17. The van der Waals surface area contributed by atoms with Crippen molar-refractivity contribution in [2.75, 3.05) is 13.2 Å². The minimum Gasteiger partial charge on any atom is -0.508 e. The molecule has 3 heteroatoms. The number of phenols is 1. The topological polar surface area (TPSA) is 52.5 Å². The molecule has 0 aliphatic rings. The molecule has 0 saturated heterocycles. The van der Waals surface area contributed by atoms with Crippen molar-refractivity contribution in [3.8, 4) is 5.75 Å². The zero-order chi connectivity index (χ0) is 9.68. The van der Waals surface area contributed by atoms with Crippen LogP contribution in [0.2, 0.25) is 0 Å². The van der Waals surface area contributed by atoms with Gasteiger partial charge in [-0.15, -0.1) is 0 Å². The van der Waals surface area contributed by atoms with Crippen molar-refractivity contribution >= 4 is 0 Å². The lowest BCUT2D eigenvalue weighted by atomic mass is 10.1. The summed E-state index contributed by atoms with van der Waals surface area (Å²) in [5.74, 6) is 0.302. The van der Waals surface area contributed by atoms with Gasteiger partial charge in [0.25, 0.3) is 0 Å². The predicted molar refractivity (Wildman–Crippen MR) is 51.6 cm³/mol. The zero-order valence-corrected chi connectivity index (χ0v) is 7.75. The molecule has 0 atom stereocenters. The van der Waals surface area contributed by atoms with Gasteiger partial charge >= 0.3 is 0 Å². The van der Waals surface area contributed by atoms with Crippen LogP contribution in [-0.2, 0) is 6.54 Å². The number of aryl methyl sites for hydroxylation is 1. The SMILES string of the molecule is Cc1ccc(O)c(CNCCO)c1. The number of hydrogen-bond donors (Lipinski definition) is 3. The number of hydrogen-bond acceptors (Lipinski definition) is 3. The van der Waals surface area contributed by atoms with E-state index in [-0.39, 0.29) is 6.61 Å². The van der Waals surface area contributed by atoms with Crippen molar-refractivity contribution in [3.63, 3.8) is 0 Å². The molecule has 1 aromatic rings. The summed E-state index contributed by atoms with van der Waals surface area (Å²) in [5.41, 5.74) is 1.99. The van der Waals surface area contributed by atoms with Gasteiger partial charge < -0.3 is 15.5 Å². The summed E-state index contributed by atoms with van der Waals surface area (Å²) < 4.78 is 0. The fourth-order valence-corrected chi connectivity index (χ4v) is 1.16. The van der Waals surface area contributed by atoms with E-state index in [9.17, 15) is 5.11 Å². The van der Waals surface area contributed by atoms with Gasteiger partial charge in [-0.1, -0.05) is 17.7 Å². The maximum atomic E-state index is 9.43. The van der Waals surface area contributed by atoms with E-state index in [1.807, 2.05) is 19.1 Å².